The summed E-state index contributed by atoms with van der Waals surface area (Å²) >= 11 is 0. The number of nitriles is 1. The van der Waals surface area contributed by atoms with Crippen molar-refractivity contribution >= 4 is 22.9 Å². The minimum atomic E-state index is -0.358. The number of nitrogens with zero attached hydrogens (tertiary/aromatic N) is 8. The molecule has 1 aliphatic carbocycles. The monoisotopic (exact) mass is 459 g/mol. The zero-order chi connectivity index (χ0) is 23.5. The van der Waals surface area contributed by atoms with Crippen molar-refractivity contribution in [2.45, 2.75) is 31.3 Å². The van der Waals surface area contributed by atoms with Crippen LogP contribution in [-0.4, -0.2) is 82.0 Å². The maximum Gasteiger partial charge on any atom is 0.169 e. The lowest BCUT2D eigenvalue weighted by Crippen LogP contribution is -2.52. The first-order valence-corrected chi connectivity index (χ1v) is 11.6. The molecule has 0 spiro atoms. The van der Waals surface area contributed by atoms with E-state index in [0.717, 1.165) is 60.4 Å². The highest BCUT2D eigenvalue weighted by Crippen LogP contribution is 2.27. The molecule has 0 radical (unpaired) electrons. The van der Waals surface area contributed by atoms with Gasteiger partial charge in [0, 0.05) is 24.9 Å². The first kappa shape index (κ1) is 21.9. The molecule has 11 nitrogen and oxygen atoms in total. The third-order valence-corrected chi connectivity index (χ3v) is 6.10. The fraction of sp³-hybridized carbons (Fsp3) is 0.435. The van der Waals surface area contributed by atoms with Crippen molar-refractivity contribution < 1.29 is 0 Å². The largest absolute Gasteiger partial charge is 0.382 e. The highest BCUT2D eigenvalue weighted by Gasteiger charge is 2.35. The third-order valence-electron chi connectivity index (χ3n) is 6.10. The quantitative estimate of drug-likeness (QED) is 0.544. The summed E-state index contributed by atoms with van der Waals surface area (Å²) in [6, 6.07) is 8.41. The Labute approximate surface area is 198 Å². The van der Waals surface area contributed by atoms with Crippen molar-refractivity contribution in [2.75, 3.05) is 44.4 Å². The summed E-state index contributed by atoms with van der Waals surface area (Å²) in [4.78, 5) is 11.6. The van der Waals surface area contributed by atoms with Gasteiger partial charge in [0.25, 0.3) is 0 Å². The second kappa shape index (κ2) is 9.52. The Kier molecular flexibility index (Phi) is 6.14. The lowest BCUT2D eigenvalue weighted by atomic mass is 9.93. The summed E-state index contributed by atoms with van der Waals surface area (Å²) in [5.41, 5.74) is 6.95. The van der Waals surface area contributed by atoms with E-state index in [2.05, 4.69) is 56.3 Å². The van der Waals surface area contributed by atoms with Crippen molar-refractivity contribution in [1.29, 1.82) is 5.26 Å². The van der Waals surface area contributed by atoms with Gasteiger partial charge in [0.2, 0.25) is 0 Å². The van der Waals surface area contributed by atoms with Crippen LogP contribution in [0.15, 0.2) is 52.7 Å². The average molecular weight is 460 g/mol. The molecule has 3 N–H and O–H groups in total. The van der Waals surface area contributed by atoms with Gasteiger partial charge in [-0.15, -0.1) is 10.2 Å². The fourth-order valence-corrected chi connectivity index (χ4v) is 4.01. The molecule has 1 fully saturated rings. The van der Waals surface area contributed by atoms with Crippen molar-refractivity contribution in [3.63, 3.8) is 0 Å². The van der Waals surface area contributed by atoms with Crippen LogP contribution >= 0.6 is 0 Å². The molecule has 34 heavy (non-hydrogen) atoms. The van der Waals surface area contributed by atoms with Crippen LogP contribution in [0.25, 0.3) is 5.69 Å². The van der Waals surface area contributed by atoms with Crippen LogP contribution in [-0.2, 0) is 0 Å². The molecule has 0 saturated heterocycles. The number of benzene rings is 1. The standard InChI is InChI=1S/C23H29N11/c1-32(2)9-8-25-19-7-6-17(10-21(19)33-14-27-28-15-33)30-22-11-20(29-16-4-3-5-16)23-26-13-18(12-24)34(23)31-22/h6-7,10-11,14-16,18,25,30-31H,3-5,8-9,13H2,1-2H3. The predicted octanol–water partition coefficient (Wildman–Crippen LogP) is 1.61. The molecule has 1 unspecified atom stereocenters. The van der Waals surface area contributed by atoms with Gasteiger partial charge in [-0.05, 0) is 51.6 Å². The molecule has 176 valence electrons. The summed E-state index contributed by atoms with van der Waals surface area (Å²) in [5.74, 6) is 1.50. The highest BCUT2D eigenvalue weighted by atomic mass is 15.6. The molecular formula is C23H29N11. The molecule has 5 rings (SSSR count). The van der Waals surface area contributed by atoms with Gasteiger partial charge in [-0.2, -0.15) is 5.26 Å². The number of hydrazine groups is 1. The molecule has 3 aliphatic rings. The number of amidine groups is 1. The summed E-state index contributed by atoms with van der Waals surface area (Å²) < 4.78 is 1.88. The number of rotatable bonds is 8. The van der Waals surface area contributed by atoms with E-state index in [9.17, 15) is 5.26 Å². The Morgan fingerprint density at radius 2 is 2.09 bits per heavy atom. The van der Waals surface area contributed by atoms with Gasteiger partial charge in [0.15, 0.2) is 11.9 Å². The molecule has 1 aromatic heterocycles. The number of hydrogen-bond donors (Lipinski definition) is 3. The Morgan fingerprint density at radius 3 is 2.79 bits per heavy atom. The lowest BCUT2D eigenvalue weighted by Gasteiger charge is -2.32. The van der Waals surface area contributed by atoms with Gasteiger partial charge in [-0.3, -0.25) is 20.0 Å². The molecule has 1 atom stereocenters. The van der Waals surface area contributed by atoms with E-state index in [1.54, 1.807) is 12.7 Å². The van der Waals surface area contributed by atoms with Gasteiger partial charge in [-0.25, -0.2) is 5.01 Å². The third kappa shape index (κ3) is 4.58. The van der Waals surface area contributed by atoms with E-state index in [0.29, 0.717) is 12.6 Å². The van der Waals surface area contributed by atoms with E-state index < -0.39 is 0 Å². The smallest absolute Gasteiger partial charge is 0.169 e. The molecule has 2 aromatic rings. The van der Waals surface area contributed by atoms with Crippen LogP contribution in [0.4, 0.5) is 11.4 Å². The Hall–Kier alpha value is -3.91. The van der Waals surface area contributed by atoms with Gasteiger partial charge in [0.1, 0.15) is 24.2 Å². The zero-order valence-electron chi connectivity index (χ0n) is 19.4. The number of fused-ring (bicyclic) bond motifs is 1. The summed E-state index contributed by atoms with van der Waals surface area (Å²) in [7, 11) is 4.10. The van der Waals surface area contributed by atoms with Gasteiger partial charge in [-0.1, -0.05) is 0 Å². The number of anilines is 2. The second-order valence-electron chi connectivity index (χ2n) is 8.90. The minimum absolute atomic E-state index is 0.337. The average Bonchev–Trinajstić information content (AvgIpc) is 3.47. The summed E-state index contributed by atoms with van der Waals surface area (Å²) in [6.07, 6.45) is 8.77. The lowest BCUT2D eigenvalue weighted by molar-refractivity contribution is 0.327. The van der Waals surface area contributed by atoms with Gasteiger partial charge < -0.3 is 15.5 Å². The van der Waals surface area contributed by atoms with E-state index in [4.69, 9.17) is 4.99 Å². The zero-order valence-corrected chi connectivity index (χ0v) is 19.4. The second-order valence-corrected chi connectivity index (χ2v) is 8.90. The molecule has 11 heteroatoms. The Bertz CT molecular complexity index is 1150. The van der Waals surface area contributed by atoms with E-state index in [-0.39, 0.29) is 6.04 Å². The van der Waals surface area contributed by atoms with Crippen LogP contribution in [0.5, 0.6) is 0 Å². The Balaban J connectivity index is 1.41. The Morgan fingerprint density at radius 1 is 1.26 bits per heavy atom. The van der Waals surface area contributed by atoms with Crippen molar-refractivity contribution in [3.8, 4) is 11.8 Å². The van der Waals surface area contributed by atoms with Gasteiger partial charge in [0.05, 0.1) is 30.0 Å². The number of hydrogen-bond acceptors (Lipinski definition) is 10. The van der Waals surface area contributed by atoms with Crippen molar-refractivity contribution in [2.24, 2.45) is 9.98 Å². The molecular weight excluding hydrogens is 430 g/mol. The molecule has 2 aliphatic heterocycles. The maximum absolute atomic E-state index is 9.57. The summed E-state index contributed by atoms with van der Waals surface area (Å²) in [5, 5.41) is 26.3. The van der Waals surface area contributed by atoms with Crippen LogP contribution < -0.4 is 16.1 Å². The number of nitrogens with one attached hydrogen (secondary N) is 3. The van der Waals surface area contributed by atoms with Crippen molar-refractivity contribution in [3.05, 3.63) is 42.8 Å². The number of aromatic nitrogens is 3. The van der Waals surface area contributed by atoms with Gasteiger partial charge >= 0.3 is 0 Å². The van der Waals surface area contributed by atoms with E-state index >= 15 is 0 Å². The summed E-state index contributed by atoms with van der Waals surface area (Å²) in [6.45, 7) is 2.17. The molecule has 0 bridgehead atoms. The molecule has 1 saturated carbocycles. The fourth-order valence-electron chi connectivity index (χ4n) is 4.01. The van der Waals surface area contributed by atoms with E-state index in [1.165, 1.54) is 6.42 Å². The number of likely N-dealkylation sites (N-methyl/N-ethyl adjacent to an activating group) is 1. The maximum atomic E-state index is 9.57. The SMILES string of the molecule is CN(C)CCNc1ccc(NC2=CC(=NC3CCC3)C3=NCC(C#N)N3N2)cc1-n1cnnc1. The van der Waals surface area contributed by atoms with Crippen LogP contribution in [0, 0.1) is 11.3 Å². The molecule has 1 aromatic carbocycles. The van der Waals surface area contributed by atoms with Crippen LogP contribution in [0.3, 0.4) is 0 Å². The first-order chi connectivity index (χ1) is 16.6. The minimum Gasteiger partial charge on any atom is -0.382 e. The first-order valence-electron chi connectivity index (χ1n) is 11.6. The molecule has 3 heterocycles. The molecule has 0 amide bonds. The van der Waals surface area contributed by atoms with Crippen molar-refractivity contribution in [1.82, 2.24) is 30.1 Å². The highest BCUT2D eigenvalue weighted by molar-refractivity contribution is 6.46. The normalized spacial score (nSPS) is 20.8. The van der Waals surface area contributed by atoms with Crippen LogP contribution in [0.1, 0.15) is 19.3 Å². The number of aliphatic imine (C=N–C) groups is 2. The predicted molar refractivity (Wildman–Crippen MR) is 132 cm³/mol. The van der Waals surface area contributed by atoms with Crippen LogP contribution in [0.2, 0.25) is 0 Å². The topological polar surface area (TPSA) is 122 Å². The van der Waals surface area contributed by atoms with E-state index in [1.807, 2.05) is 33.9 Å².